The van der Waals surface area contributed by atoms with Crippen LogP contribution in [0.2, 0.25) is 0 Å². The Morgan fingerprint density at radius 3 is 3.25 bits per heavy atom. The lowest BCUT2D eigenvalue weighted by Gasteiger charge is -2.22. The number of nitrogens with zero attached hydrogens (tertiary/aromatic N) is 2. The maximum atomic E-state index is 11.9. The van der Waals surface area contributed by atoms with Crippen molar-refractivity contribution in [2.75, 3.05) is 11.9 Å². The van der Waals surface area contributed by atoms with Gasteiger partial charge in [0.2, 0.25) is 0 Å². The molecule has 3 rings (SSSR count). The number of rotatable bonds is 4. The molecule has 1 N–H and O–H groups in total. The average molecular weight is 291 g/mol. The first-order chi connectivity index (χ1) is 9.81. The number of carbonyl (C=O) groups is 1. The van der Waals surface area contributed by atoms with Crippen LogP contribution < -0.4 is 5.32 Å². The van der Waals surface area contributed by atoms with Crippen LogP contribution in [0.4, 0.5) is 5.69 Å². The number of aromatic nitrogens is 2. The molecular weight excluding hydrogens is 274 g/mol. The Hall–Kier alpha value is -1.66. The molecule has 1 aliphatic rings. The van der Waals surface area contributed by atoms with E-state index >= 15 is 0 Å². The van der Waals surface area contributed by atoms with E-state index in [0.717, 1.165) is 31.7 Å². The quantitative estimate of drug-likeness (QED) is 0.942. The highest BCUT2D eigenvalue weighted by Crippen LogP contribution is 2.16. The SMILES string of the molecule is O=C(Nc1cnn(CC2CCCCO2)c1)c1ccsc1. The second-order valence-electron chi connectivity index (χ2n) is 4.91. The minimum Gasteiger partial charge on any atom is -0.376 e. The largest absolute Gasteiger partial charge is 0.376 e. The fourth-order valence-corrected chi connectivity index (χ4v) is 2.92. The van der Waals surface area contributed by atoms with E-state index in [-0.39, 0.29) is 12.0 Å². The lowest BCUT2D eigenvalue weighted by molar-refractivity contribution is 0.00401. The molecule has 6 heteroatoms. The second-order valence-corrected chi connectivity index (χ2v) is 5.69. The van der Waals surface area contributed by atoms with E-state index in [1.165, 1.54) is 17.8 Å². The predicted octanol–water partition coefficient (Wildman–Crippen LogP) is 2.77. The van der Waals surface area contributed by atoms with Crippen LogP contribution in [0, 0.1) is 0 Å². The van der Waals surface area contributed by atoms with Crippen molar-refractivity contribution in [2.24, 2.45) is 0 Å². The molecule has 3 heterocycles. The van der Waals surface area contributed by atoms with Crippen LogP contribution in [-0.4, -0.2) is 28.4 Å². The maximum absolute atomic E-state index is 11.9. The first kappa shape index (κ1) is 13.3. The molecule has 106 valence electrons. The highest BCUT2D eigenvalue weighted by atomic mass is 32.1. The standard InChI is InChI=1S/C14H17N3O2S/c18-14(11-4-6-20-10-11)16-12-7-15-17(8-12)9-13-3-1-2-5-19-13/h4,6-8,10,13H,1-3,5,9H2,(H,16,18). The van der Waals surface area contributed by atoms with Gasteiger partial charge >= 0.3 is 0 Å². The number of hydrogen-bond donors (Lipinski definition) is 1. The van der Waals surface area contributed by atoms with E-state index in [4.69, 9.17) is 4.74 Å². The van der Waals surface area contributed by atoms with Gasteiger partial charge in [0.1, 0.15) is 0 Å². The van der Waals surface area contributed by atoms with Gasteiger partial charge in [0.05, 0.1) is 30.1 Å². The Labute approximate surface area is 121 Å². The van der Waals surface area contributed by atoms with E-state index in [1.54, 1.807) is 12.3 Å². The molecule has 5 nitrogen and oxygen atoms in total. The first-order valence-corrected chi connectivity index (χ1v) is 7.73. The molecule has 2 aromatic heterocycles. The molecule has 0 saturated carbocycles. The molecule has 1 aliphatic heterocycles. The summed E-state index contributed by atoms with van der Waals surface area (Å²) in [5.74, 6) is -0.0975. The molecule has 0 spiro atoms. The van der Waals surface area contributed by atoms with Gasteiger partial charge in [0, 0.05) is 18.2 Å². The minimum atomic E-state index is -0.0975. The number of nitrogens with one attached hydrogen (secondary N) is 1. The summed E-state index contributed by atoms with van der Waals surface area (Å²) in [4.78, 5) is 11.9. The van der Waals surface area contributed by atoms with Crippen LogP contribution in [0.3, 0.4) is 0 Å². The van der Waals surface area contributed by atoms with E-state index in [1.807, 2.05) is 21.6 Å². The highest BCUT2D eigenvalue weighted by Gasteiger charge is 2.15. The van der Waals surface area contributed by atoms with Crippen LogP contribution in [0.15, 0.2) is 29.2 Å². The molecule has 1 amide bonds. The zero-order valence-corrected chi connectivity index (χ0v) is 11.9. The maximum Gasteiger partial charge on any atom is 0.256 e. The lowest BCUT2D eigenvalue weighted by Crippen LogP contribution is -2.24. The fraction of sp³-hybridized carbons (Fsp3) is 0.429. The van der Waals surface area contributed by atoms with Gasteiger partial charge in [0.25, 0.3) is 5.91 Å². The number of thiophene rings is 1. The van der Waals surface area contributed by atoms with Gasteiger partial charge in [0.15, 0.2) is 0 Å². The van der Waals surface area contributed by atoms with Gasteiger partial charge in [-0.2, -0.15) is 16.4 Å². The van der Waals surface area contributed by atoms with Crippen molar-refractivity contribution in [3.8, 4) is 0 Å². The fourth-order valence-electron chi connectivity index (χ4n) is 2.28. The summed E-state index contributed by atoms with van der Waals surface area (Å²) in [5.41, 5.74) is 1.40. The second kappa shape index (κ2) is 6.19. The molecule has 0 bridgehead atoms. The average Bonchev–Trinajstić information content (AvgIpc) is 3.11. The minimum absolute atomic E-state index is 0.0975. The van der Waals surface area contributed by atoms with Crippen molar-refractivity contribution in [1.29, 1.82) is 0 Å². The third-order valence-electron chi connectivity index (χ3n) is 3.34. The molecule has 20 heavy (non-hydrogen) atoms. The van der Waals surface area contributed by atoms with Gasteiger partial charge in [-0.3, -0.25) is 9.48 Å². The zero-order chi connectivity index (χ0) is 13.8. The summed E-state index contributed by atoms with van der Waals surface area (Å²) in [7, 11) is 0. The first-order valence-electron chi connectivity index (χ1n) is 6.79. The van der Waals surface area contributed by atoms with Gasteiger partial charge in [-0.25, -0.2) is 0 Å². The molecule has 1 atom stereocenters. The van der Waals surface area contributed by atoms with Crippen molar-refractivity contribution < 1.29 is 9.53 Å². The van der Waals surface area contributed by atoms with Gasteiger partial charge < -0.3 is 10.1 Å². The van der Waals surface area contributed by atoms with Crippen molar-refractivity contribution in [2.45, 2.75) is 31.9 Å². The van der Waals surface area contributed by atoms with E-state index < -0.39 is 0 Å². The van der Waals surface area contributed by atoms with Crippen molar-refractivity contribution in [1.82, 2.24) is 9.78 Å². The van der Waals surface area contributed by atoms with Gasteiger partial charge in [-0.05, 0) is 30.7 Å². The predicted molar refractivity (Wildman–Crippen MR) is 78.1 cm³/mol. The zero-order valence-electron chi connectivity index (χ0n) is 11.1. The van der Waals surface area contributed by atoms with Crippen LogP contribution in [0.1, 0.15) is 29.6 Å². The number of amides is 1. The molecule has 1 saturated heterocycles. The third kappa shape index (κ3) is 3.26. The number of ether oxygens (including phenoxy) is 1. The van der Waals surface area contributed by atoms with E-state index in [9.17, 15) is 4.79 Å². The molecule has 1 fully saturated rings. The summed E-state index contributed by atoms with van der Waals surface area (Å²) >= 11 is 1.51. The lowest BCUT2D eigenvalue weighted by atomic mass is 10.1. The van der Waals surface area contributed by atoms with Crippen molar-refractivity contribution in [3.63, 3.8) is 0 Å². The molecule has 2 aromatic rings. The normalized spacial score (nSPS) is 18.9. The number of anilines is 1. The summed E-state index contributed by atoms with van der Waals surface area (Å²) in [6.45, 7) is 1.59. The Morgan fingerprint density at radius 2 is 2.50 bits per heavy atom. The van der Waals surface area contributed by atoms with Crippen LogP contribution in [0.25, 0.3) is 0 Å². The Balaban J connectivity index is 1.57. The Morgan fingerprint density at radius 1 is 1.55 bits per heavy atom. The van der Waals surface area contributed by atoms with Crippen LogP contribution in [0.5, 0.6) is 0 Å². The topological polar surface area (TPSA) is 56.2 Å². The smallest absolute Gasteiger partial charge is 0.256 e. The summed E-state index contributed by atoms with van der Waals surface area (Å²) in [5, 5.41) is 10.8. The highest BCUT2D eigenvalue weighted by molar-refractivity contribution is 7.08. The number of hydrogen-bond acceptors (Lipinski definition) is 4. The van der Waals surface area contributed by atoms with Gasteiger partial charge in [-0.1, -0.05) is 0 Å². The molecule has 0 aromatic carbocycles. The van der Waals surface area contributed by atoms with Crippen LogP contribution >= 0.6 is 11.3 Å². The molecule has 0 aliphatic carbocycles. The molecule has 0 radical (unpaired) electrons. The van der Waals surface area contributed by atoms with Crippen molar-refractivity contribution >= 4 is 22.9 Å². The van der Waals surface area contributed by atoms with Gasteiger partial charge in [-0.15, -0.1) is 0 Å². The third-order valence-corrected chi connectivity index (χ3v) is 4.02. The molecular formula is C14H17N3O2S. The summed E-state index contributed by atoms with van der Waals surface area (Å²) < 4.78 is 7.52. The summed E-state index contributed by atoms with van der Waals surface area (Å²) in [6.07, 6.45) is 7.21. The Bertz CT molecular complexity index is 559. The van der Waals surface area contributed by atoms with E-state index in [0.29, 0.717) is 5.56 Å². The van der Waals surface area contributed by atoms with Crippen LogP contribution in [-0.2, 0) is 11.3 Å². The van der Waals surface area contributed by atoms with Crippen molar-refractivity contribution in [3.05, 3.63) is 34.8 Å². The Kier molecular flexibility index (Phi) is 4.13. The summed E-state index contributed by atoms with van der Waals surface area (Å²) in [6, 6.07) is 1.81. The monoisotopic (exact) mass is 291 g/mol. The van der Waals surface area contributed by atoms with E-state index in [2.05, 4.69) is 10.4 Å². The molecule has 1 unspecified atom stereocenters. The number of carbonyl (C=O) groups excluding carboxylic acids is 1.